The van der Waals surface area contributed by atoms with Crippen molar-refractivity contribution in [1.29, 1.82) is 0 Å². The highest BCUT2D eigenvalue weighted by Gasteiger charge is 2.14. The van der Waals surface area contributed by atoms with Crippen LogP contribution in [0.3, 0.4) is 0 Å². The van der Waals surface area contributed by atoms with Gasteiger partial charge < -0.3 is 14.8 Å². The average Bonchev–Trinajstić information content (AvgIpc) is 2.40. The molecule has 2 rings (SSSR count). The molecule has 0 saturated carbocycles. The molecule has 1 fully saturated rings. The molecule has 1 unspecified atom stereocenters. The van der Waals surface area contributed by atoms with Gasteiger partial charge in [-0.15, -0.1) is 12.4 Å². The van der Waals surface area contributed by atoms with Crippen molar-refractivity contribution in [2.45, 2.75) is 13.0 Å². The Kier molecular flexibility index (Phi) is 6.99. The van der Waals surface area contributed by atoms with Crippen LogP contribution in [0, 0.1) is 0 Å². The van der Waals surface area contributed by atoms with E-state index in [0.717, 1.165) is 44.3 Å². The zero-order chi connectivity index (χ0) is 12.8. The Bertz CT molecular complexity index is 359. The van der Waals surface area contributed by atoms with Gasteiger partial charge in [0.1, 0.15) is 18.1 Å². The minimum Gasteiger partial charge on any atom is -0.497 e. The third-order valence-corrected chi connectivity index (χ3v) is 3.19. The summed E-state index contributed by atoms with van der Waals surface area (Å²) in [6, 6.07) is 8.31. The van der Waals surface area contributed by atoms with Crippen LogP contribution >= 0.6 is 12.4 Å². The molecular weight excluding hydrogens is 264 g/mol. The van der Waals surface area contributed by atoms with Crippen LogP contribution in [0.5, 0.6) is 11.5 Å². The van der Waals surface area contributed by atoms with Gasteiger partial charge in [0.25, 0.3) is 0 Å². The molecule has 1 N–H and O–H groups in total. The minimum atomic E-state index is 0. The second-order valence-corrected chi connectivity index (χ2v) is 4.68. The highest BCUT2D eigenvalue weighted by Crippen LogP contribution is 2.16. The highest BCUT2D eigenvalue weighted by molar-refractivity contribution is 5.85. The van der Waals surface area contributed by atoms with Crippen LogP contribution in [0.4, 0.5) is 0 Å². The van der Waals surface area contributed by atoms with E-state index in [0.29, 0.717) is 6.04 Å². The molecule has 1 aromatic carbocycles. The third kappa shape index (κ3) is 5.27. The lowest BCUT2D eigenvalue weighted by Crippen LogP contribution is -2.50. The highest BCUT2D eigenvalue weighted by atomic mass is 35.5. The molecule has 1 aliphatic rings. The van der Waals surface area contributed by atoms with Crippen LogP contribution in [0.2, 0.25) is 0 Å². The Hall–Kier alpha value is -0.970. The van der Waals surface area contributed by atoms with E-state index in [-0.39, 0.29) is 12.4 Å². The van der Waals surface area contributed by atoms with Gasteiger partial charge in [0.2, 0.25) is 0 Å². The molecule has 0 spiro atoms. The fourth-order valence-electron chi connectivity index (χ4n) is 2.18. The lowest BCUT2D eigenvalue weighted by molar-refractivity contribution is 0.170. The van der Waals surface area contributed by atoms with Crippen LogP contribution < -0.4 is 14.8 Å². The molecular formula is C14H23ClN2O2. The summed E-state index contributed by atoms with van der Waals surface area (Å²) in [6.45, 7) is 7.22. The van der Waals surface area contributed by atoms with Gasteiger partial charge in [-0.25, -0.2) is 0 Å². The van der Waals surface area contributed by atoms with Gasteiger partial charge in [-0.1, -0.05) is 0 Å². The number of nitrogens with one attached hydrogen (secondary N) is 1. The van der Waals surface area contributed by atoms with Crippen LogP contribution in [0.1, 0.15) is 6.92 Å². The number of methoxy groups -OCH3 is 1. The van der Waals surface area contributed by atoms with E-state index in [1.165, 1.54) is 0 Å². The maximum atomic E-state index is 5.73. The van der Waals surface area contributed by atoms with Gasteiger partial charge in [0.15, 0.2) is 0 Å². The van der Waals surface area contributed by atoms with Crippen LogP contribution in [-0.4, -0.2) is 50.8 Å². The summed E-state index contributed by atoms with van der Waals surface area (Å²) in [4.78, 5) is 2.44. The molecule has 0 aromatic heterocycles. The number of halogens is 1. The normalized spacial score (nSPS) is 19.6. The third-order valence-electron chi connectivity index (χ3n) is 3.19. The van der Waals surface area contributed by atoms with E-state index in [9.17, 15) is 0 Å². The number of piperazine rings is 1. The smallest absolute Gasteiger partial charge is 0.119 e. The van der Waals surface area contributed by atoms with E-state index in [2.05, 4.69) is 17.1 Å². The van der Waals surface area contributed by atoms with Crippen molar-refractivity contribution in [3.05, 3.63) is 24.3 Å². The Balaban J connectivity index is 0.00000180. The zero-order valence-corrected chi connectivity index (χ0v) is 12.4. The fraction of sp³-hybridized carbons (Fsp3) is 0.571. The molecule has 0 aliphatic carbocycles. The van der Waals surface area contributed by atoms with Crippen molar-refractivity contribution in [3.63, 3.8) is 0 Å². The molecule has 19 heavy (non-hydrogen) atoms. The van der Waals surface area contributed by atoms with Gasteiger partial charge >= 0.3 is 0 Å². The second-order valence-electron chi connectivity index (χ2n) is 4.68. The molecule has 1 heterocycles. The molecule has 108 valence electrons. The van der Waals surface area contributed by atoms with Crippen molar-refractivity contribution < 1.29 is 9.47 Å². The first kappa shape index (κ1) is 16.1. The first-order valence-electron chi connectivity index (χ1n) is 6.50. The van der Waals surface area contributed by atoms with Crippen molar-refractivity contribution in [2.24, 2.45) is 0 Å². The summed E-state index contributed by atoms with van der Waals surface area (Å²) >= 11 is 0. The van der Waals surface area contributed by atoms with Crippen molar-refractivity contribution in [3.8, 4) is 11.5 Å². The molecule has 1 saturated heterocycles. The quantitative estimate of drug-likeness (QED) is 0.895. The van der Waals surface area contributed by atoms with Gasteiger partial charge in [-0.05, 0) is 31.2 Å². The Morgan fingerprint density at radius 1 is 1.26 bits per heavy atom. The predicted molar refractivity (Wildman–Crippen MR) is 79.6 cm³/mol. The maximum Gasteiger partial charge on any atom is 0.119 e. The first-order chi connectivity index (χ1) is 8.78. The SMILES string of the molecule is COc1ccc(OCCN2CCNC(C)C2)cc1.Cl. The van der Waals surface area contributed by atoms with E-state index in [1.807, 2.05) is 24.3 Å². The Morgan fingerprint density at radius 3 is 2.58 bits per heavy atom. The number of nitrogens with zero attached hydrogens (tertiary/aromatic N) is 1. The zero-order valence-electron chi connectivity index (χ0n) is 11.6. The minimum absolute atomic E-state index is 0. The lowest BCUT2D eigenvalue weighted by atomic mass is 10.2. The summed E-state index contributed by atoms with van der Waals surface area (Å²) in [5, 5.41) is 3.44. The van der Waals surface area contributed by atoms with Gasteiger partial charge in [-0.2, -0.15) is 0 Å². The number of hydrogen-bond donors (Lipinski definition) is 1. The molecule has 1 aromatic rings. The van der Waals surface area contributed by atoms with Crippen LogP contribution in [0.15, 0.2) is 24.3 Å². The molecule has 0 bridgehead atoms. The molecule has 1 atom stereocenters. The standard InChI is InChI=1S/C14H22N2O2.ClH/c1-12-11-16(8-7-15-12)9-10-18-14-5-3-13(17-2)4-6-14;/h3-6,12,15H,7-11H2,1-2H3;1H. The van der Waals surface area contributed by atoms with Crippen LogP contribution in [-0.2, 0) is 0 Å². The Labute approximate surface area is 121 Å². The molecule has 4 nitrogen and oxygen atoms in total. The van der Waals surface area contributed by atoms with Crippen molar-refractivity contribution in [2.75, 3.05) is 39.9 Å². The summed E-state index contributed by atoms with van der Waals surface area (Å²) in [6.07, 6.45) is 0. The first-order valence-corrected chi connectivity index (χ1v) is 6.50. The lowest BCUT2D eigenvalue weighted by Gasteiger charge is -2.31. The van der Waals surface area contributed by atoms with E-state index in [1.54, 1.807) is 7.11 Å². The van der Waals surface area contributed by atoms with Crippen LogP contribution in [0.25, 0.3) is 0 Å². The second kappa shape index (κ2) is 8.25. The largest absolute Gasteiger partial charge is 0.497 e. The summed E-state index contributed by atoms with van der Waals surface area (Å²) in [7, 11) is 1.67. The topological polar surface area (TPSA) is 33.7 Å². The summed E-state index contributed by atoms with van der Waals surface area (Å²) in [5.74, 6) is 1.76. The molecule has 5 heteroatoms. The number of benzene rings is 1. The molecule has 0 amide bonds. The van der Waals surface area contributed by atoms with E-state index < -0.39 is 0 Å². The monoisotopic (exact) mass is 286 g/mol. The predicted octanol–water partition coefficient (Wildman–Crippen LogP) is 1.79. The van der Waals surface area contributed by atoms with Gasteiger partial charge in [0, 0.05) is 32.2 Å². The number of ether oxygens (including phenoxy) is 2. The van der Waals surface area contributed by atoms with E-state index >= 15 is 0 Å². The molecule has 1 aliphatic heterocycles. The Morgan fingerprint density at radius 2 is 1.95 bits per heavy atom. The van der Waals surface area contributed by atoms with Crippen molar-refractivity contribution in [1.82, 2.24) is 10.2 Å². The number of rotatable bonds is 5. The van der Waals surface area contributed by atoms with Gasteiger partial charge in [0.05, 0.1) is 7.11 Å². The fourth-order valence-corrected chi connectivity index (χ4v) is 2.18. The summed E-state index contributed by atoms with van der Waals surface area (Å²) < 4.78 is 10.8. The van der Waals surface area contributed by atoms with E-state index in [4.69, 9.17) is 9.47 Å². The molecule has 0 radical (unpaired) electrons. The van der Waals surface area contributed by atoms with Gasteiger partial charge in [-0.3, -0.25) is 4.90 Å². The number of hydrogen-bond acceptors (Lipinski definition) is 4. The average molecular weight is 287 g/mol. The summed E-state index contributed by atoms with van der Waals surface area (Å²) in [5.41, 5.74) is 0. The maximum absolute atomic E-state index is 5.73. The van der Waals surface area contributed by atoms with Crippen molar-refractivity contribution >= 4 is 12.4 Å².